The molecule has 6 aromatic rings. The summed E-state index contributed by atoms with van der Waals surface area (Å²) in [6.45, 7) is 0.523. The molecule has 1 heterocycles. The van der Waals surface area contributed by atoms with E-state index in [4.69, 9.17) is 21.3 Å². The molecule has 0 aliphatic heterocycles. The Labute approximate surface area is 258 Å². The van der Waals surface area contributed by atoms with E-state index in [2.05, 4.69) is 91.0 Å². The number of nitrogens with zero attached hydrogens (tertiary/aromatic N) is 1. The fraction of sp³-hybridized carbons (Fsp3) is 0.275. The topological polar surface area (TPSA) is 22.1 Å². The molecule has 2 aliphatic rings. The Balaban J connectivity index is 1.18. The van der Waals surface area contributed by atoms with E-state index in [1.165, 1.54) is 75.7 Å². The minimum atomic E-state index is -0.286. The molecule has 3 heteroatoms. The van der Waals surface area contributed by atoms with Gasteiger partial charge in [-0.15, -0.1) is 0 Å². The Morgan fingerprint density at radius 3 is 2.40 bits per heavy atom. The summed E-state index contributed by atoms with van der Waals surface area (Å²) in [7, 11) is 0. The van der Waals surface area contributed by atoms with Crippen molar-refractivity contribution in [2.24, 2.45) is 0 Å². The van der Waals surface area contributed by atoms with E-state index in [-0.39, 0.29) is 5.60 Å². The van der Waals surface area contributed by atoms with Crippen molar-refractivity contribution in [3.63, 3.8) is 0 Å². The quantitative estimate of drug-likeness (QED) is 0.182. The van der Waals surface area contributed by atoms with E-state index in [0.29, 0.717) is 12.5 Å². The van der Waals surface area contributed by atoms with Gasteiger partial charge in [-0.3, -0.25) is 4.98 Å². The van der Waals surface area contributed by atoms with Crippen LogP contribution < -0.4 is 0 Å². The highest BCUT2D eigenvalue weighted by molar-refractivity contribution is 6.30. The minimum Gasteiger partial charge on any atom is -0.364 e. The first-order valence-corrected chi connectivity index (χ1v) is 16.3. The summed E-state index contributed by atoms with van der Waals surface area (Å²) in [6, 6.07) is 37.5. The van der Waals surface area contributed by atoms with Crippen molar-refractivity contribution in [3.8, 4) is 0 Å². The highest BCUT2D eigenvalue weighted by atomic mass is 35.5. The summed E-state index contributed by atoms with van der Waals surface area (Å²) < 4.78 is 6.94. The number of hydrogen-bond donors (Lipinski definition) is 0. The molecule has 0 spiro atoms. The van der Waals surface area contributed by atoms with E-state index in [1.807, 2.05) is 12.1 Å². The zero-order valence-corrected chi connectivity index (χ0v) is 25.2. The Kier molecular flexibility index (Phi) is 6.93. The van der Waals surface area contributed by atoms with Gasteiger partial charge in [0.05, 0.1) is 23.4 Å². The largest absolute Gasteiger partial charge is 0.364 e. The van der Waals surface area contributed by atoms with E-state index in [9.17, 15) is 0 Å². The van der Waals surface area contributed by atoms with E-state index in [1.54, 1.807) is 5.56 Å². The van der Waals surface area contributed by atoms with Gasteiger partial charge in [0.2, 0.25) is 0 Å². The van der Waals surface area contributed by atoms with Gasteiger partial charge in [0, 0.05) is 10.4 Å². The molecule has 0 amide bonds. The number of pyridine rings is 1. The smallest absolute Gasteiger partial charge is 0.0942 e. The van der Waals surface area contributed by atoms with Crippen molar-refractivity contribution in [2.45, 2.75) is 69.5 Å². The average Bonchev–Trinajstić information content (AvgIpc) is 3.54. The highest BCUT2D eigenvalue weighted by Crippen LogP contribution is 2.47. The molecular formula is C40H36ClNO. The zero-order chi connectivity index (χ0) is 28.8. The predicted octanol–water partition coefficient (Wildman–Crippen LogP) is 10.8. The molecule has 214 valence electrons. The normalized spacial score (nSPS) is 17.9. The van der Waals surface area contributed by atoms with Crippen LogP contribution in [0.15, 0.2) is 103 Å². The summed E-state index contributed by atoms with van der Waals surface area (Å²) >= 11 is 6.20. The van der Waals surface area contributed by atoms with Crippen LogP contribution in [0, 0.1) is 0 Å². The first kappa shape index (κ1) is 26.9. The first-order valence-electron chi connectivity index (χ1n) is 15.9. The Morgan fingerprint density at radius 1 is 0.721 bits per heavy atom. The second-order valence-corrected chi connectivity index (χ2v) is 13.0. The molecule has 0 saturated heterocycles. The molecule has 1 fully saturated rings. The number of rotatable bonds is 6. The zero-order valence-electron chi connectivity index (χ0n) is 24.5. The lowest BCUT2D eigenvalue weighted by atomic mass is 9.76. The van der Waals surface area contributed by atoms with Crippen LogP contribution in [0.4, 0.5) is 0 Å². The molecule has 0 radical (unpaired) electrons. The third kappa shape index (κ3) is 4.91. The molecule has 43 heavy (non-hydrogen) atoms. The van der Waals surface area contributed by atoms with Crippen LogP contribution in [0.3, 0.4) is 0 Å². The fourth-order valence-electron chi connectivity index (χ4n) is 7.97. The van der Waals surface area contributed by atoms with Crippen molar-refractivity contribution < 1.29 is 4.74 Å². The lowest BCUT2D eigenvalue weighted by Gasteiger charge is -2.32. The maximum Gasteiger partial charge on any atom is 0.0942 e. The number of halogens is 1. The van der Waals surface area contributed by atoms with Gasteiger partial charge in [0.25, 0.3) is 0 Å². The SMILES string of the molecule is Clc1ccc(CC2CCCc3ccc4c(ccc5c(C6(OCc7ccc8ccccc8n7)CCCC6)cccc54)c32)cc1. The van der Waals surface area contributed by atoms with Gasteiger partial charge in [-0.1, -0.05) is 103 Å². The monoisotopic (exact) mass is 581 g/mol. The minimum absolute atomic E-state index is 0.286. The number of aryl methyl sites for hydroxylation is 1. The molecule has 1 unspecified atom stereocenters. The lowest BCUT2D eigenvalue weighted by molar-refractivity contribution is -0.0574. The average molecular weight is 582 g/mol. The third-order valence-corrected chi connectivity index (χ3v) is 10.3. The van der Waals surface area contributed by atoms with Gasteiger partial charge in [-0.2, -0.15) is 0 Å². The Morgan fingerprint density at radius 2 is 1.51 bits per heavy atom. The van der Waals surface area contributed by atoms with Crippen molar-refractivity contribution >= 4 is 44.0 Å². The standard InChI is InChI=1S/C40H36ClNO/c41-31-17-13-27(14-18-31)25-30-9-5-8-29-16-20-34-33-10-6-11-37(35(33)21-22-36(34)39(29)30)40(23-3-4-24-40)43-26-32-19-15-28-7-1-2-12-38(28)42-32/h1-2,6-7,10-22,30H,3-5,8-9,23-26H2. The van der Waals surface area contributed by atoms with Gasteiger partial charge < -0.3 is 4.74 Å². The van der Waals surface area contributed by atoms with Crippen molar-refractivity contribution in [3.05, 3.63) is 136 Å². The van der Waals surface area contributed by atoms with Crippen molar-refractivity contribution in [1.82, 2.24) is 4.98 Å². The van der Waals surface area contributed by atoms with Crippen LogP contribution in [-0.4, -0.2) is 4.98 Å². The Bertz CT molecular complexity index is 1950. The maximum atomic E-state index is 6.94. The molecule has 8 rings (SSSR count). The van der Waals surface area contributed by atoms with E-state index < -0.39 is 0 Å². The molecule has 1 saturated carbocycles. The number of hydrogen-bond acceptors (Lipinski definition) is 2. The second-order valence-electron chi connectivity index (χ2n) is 12.6. The van der Waals surface area contributed by atoms with Gasteiger partial charge in [-0.05, 0) is 113 Å². The van der Waals surface area contributed by atoms with E-state index >= 15 is 0 Å². The molecular weight excluding hydrogens is 546 g/mol. The molecule has 0 bridgehead atoms. The third-order valence-electron chi connectivity index (χ3n) is 10.0. The summed E-state index contributed by atoms with van der Waals surface area (Å²) in [4.78, 5) is 4.91. The van der Waals surface area contributed by atoms with Crippen LogP contribution in [0.1, 0.15) is 72.4 Å². The number of aromatic nitrogens is 1. The summed E-state index contributed by atoms with van der Waals surface area (Å²) in [6.07, 6.45) is 9.18. The molecule has 2 nitrogen and oxygen atoms in total. The molecule has 1 aromatic heterocycles. The number of ether oxygens (including phenoxy) is 1. The maximum absolute atomic E-state index is 6.94. The summed E-state index contributed by atoms with van der Waals surface area (Å²) in [5.74, 6) is 0.521. The van der Waals surface area contributed by atoms with Crippen LogP contribution >= 0.6 is 11.6 Å². The molecule has 0 N–H and O–H groups in total. The van der Waals surface area contributed by atoms with Gasteiger partial charge >= 0.3 is 0 Å². The highest BCUT2D eigenvalue weighted by Gasteiger charge is 2.38. The molecule has 1 atom stereocenters. The first-order chi connectivity index (χ1) is 21.2. The van der Waals surface area contributed by atoms with Gasteiger partial charge in [0.1, 0.15) is 0 Å². The van der Waals surface area contributed by atoms with Crippen LogP contribution in [-0.2, 0) is 29.8 Å². The number of fused-ring (bicyclic) bond motifs is 6. The summed E-state index contributed by atoms with van der Waals surface area (Å²) in [5, 5.41) is 7.42. The predicted molar refractivity (Wildman–Crippen MR) is 179 cm³/mol. The number of para-hydroxylation sites is 1. The lowest BCUT2D eigenvalue weighted by Crippen LogP contribution is -2.26. The van der Waals surface area contributed by atoms with Crippen LogP contribution in [0.5, 0.6) is 0 Å². The van der Waals surface area contributed by atoms with Crippen molar-refractivity contribution in [1.29, 1.82) is 0 Å². The van der Waals surface area contributed by atoms with Crippen LogP contribution in [0.2, 0.25) is 5.02 Å². The van der Waals surface area contributed by atoms with Crippen LogP contribution in [0.25, 0.3) is 32.4 Å². The molecule has 2 aliphatic carbocycles. The summed E-state index contributed by atoms with van der Waals surface area (Å²) in [5.41, 5.74) is 7.51. The second kappa shape index (κ2) is 11.1. The van der Waals surface area contributed by atoms with Gasteiger partial charge in [-0.25, -0.2) is 0 Å². The van der Waals surface area contributed by atoms with Gasteiger partial charge in [0.15, 0.2) is 0 Å². The van der Waals surface area contributed by atoms with E-state index in [0.717, 1.165) is 35.5 Å². The Hall–Kier alpha value is -3.72. The fourth-order valence-corrected chi connectivity index (χ4v) is 8.10. The number of benzene rings is 5. The molecule has 5 aromatic carbocycles. The van der Waals surface area contributed by atoms with Crippen molar-refractivity contribution in [2.75, 3.05) is 0 Å².